The summed E-state index contributed by atoms with van der Waals surface area (Å²) in [7, 11) is 0. The summed E-state index contributed by atoms with van der Waals surface area (Å²) >= 11 is 1.20. The predicted molar refractivity (Wildman–Crippen MR) is 149 cm³/mol. The number of rotatable bonds is 6. The van der Waals surface area contributed by atoms with Crippen LogP contribution in [0.5, 0.6) is 0 Å². The highest BCUT2D eigenvalue weighted by molar-refractivity contribution is 7.99. The van der Waals surface area contributed by atoms with Gasteiger partial charge in [0.25, 0.3) is 5.56 Å². The first-order valence-electron chi connectivity index (χ1n) is 11.7. The summed E-state index contributed by atoms with van der Waals surface area (Å²) in [5.41, 5.74) is 5.41. The molecule has 37 heavy (non-hydrogen) atoms. The summed E-state index contributed by atoms with van der Waals surface area (Å²) in [6, 6.07) is 20.5. The van der Waals surface area contributed by atoms with Gasteiger partial charge in [-0.3, -0.25) is 19.0 Å². The van der Waals surface area contributed by atoms with Gasteiger partial charge in [0.1, 0.15) is 11.0 Å². The Morgan fingerprint density at radius 3 is 2.51 bits per heavy atom. The van der Waals surface area contributed by atoms with Crippen molar-refractivity contribution in [1.82, 2.24) is 14.5 Å². The lowest BCUT2D eigenvalue weighted by Gasteiger charge is -2.15. The molecule has 0 unspecified atom stereocenters. The van der Waals surface area contributed by atoms with Gasteiger partial charge >= 0.3 is 0 Å². The smallest absolute Gasteiger partial charge is 0.283 e. The summed E-state index contributed by atoms with van der Waals surface area (Å²) in [6.45, 7) is 5.34. The number of thioether (sulfide) groups is 1. The molecule has 0 spiro atoms. The fourth-order valence-electron chi connectivity index (χ4n) is 4.22. The Balaban J connectivity index is 1.52. The van der Waals surface area contributed by atoms with Crippen LogP contribution < -0.4 is 16.2 Å². The van der Waals surface area contributed by atoms with E-state index in [-0.39, 0.29) is 23.1 Å². The zero-order valence-corrected chi connectivity index (χ0v) is 21.4. The number of fused-ring (bicyclic) bond motifs is 3. The van der Waals surface area contributed by atoms with E-state index in [2.05, 4.69) is 15.6 Å². The highest BCUT2D eigenvalue weighted by Crippen LogP contribution is 2.28. The lowest BCUT2D eigenvalue weighted by molar-refractivity contribution is -0.114. The second-order valence-electron chi connectivity index (χ2n) is 8.82. The van der Waals surface area contributed by atoms with Crippen LogP contribution in [0.1, 0.15) is 18.1 Å². The molecule has 0 atom stereocenters. The van der Waals surface area contributed by atoms with E-state index in [4.69, 9.17) is 4.98 Å². The Hall–Kier alpha value is -4.37. The minimum atomic E-state index is -0.259. The van der Waals surface area contributed by atoms with Gasteiger partial charge in [-0.05, 0) is 55.3 Å². The number of aryl methyl sites for hydroxylation is 2. The van der Waals surface area contributed by atoms with Gasteiger partial charge in [-0.1, -0.05) is 48.2 Å². The number of H-pyrrole nitrogens is 1. The molecule has 3 N–H and O–H groups in total. The van der Waals surface area contributed by atoms with Gasteiger partial charge in [-0.2, -0.15) is 0 Å². The Labute approximate surface area is 217 Å². The molecule has 3 aromatic carbocycles. The molecule has 2 heterocycles. The van der Waals surface area contributed by atoms with Crippen LogP contribution in [-0.2, 0) is 9.59 Å². The maximum Gasteiger partial charge on any atom is 0.283 e. The molecule has 0 saturated carbocycles. The number of hydrogen-bond donors (Lipinski definition) is 3. The first-order chi connectivity index (χ1) is 17.8. The zero-order valence-electron chi connectivity index (χ0n) is 20.6. The molecule has 5 rings (SSSR count). The summed E-state index contributed by atoms with van der Waals surface area (Å²) < 4.78 is 1.58. The fourth-order valence-corrected chi connectivity index (χ4v) is 5.02. The van der Waals surface area contributed by atoms with Crippen molar-refractivity contribution in [1.29, 1.82) is 0 Å². The number of aromatic nitrogens is 3. The Morgan fingerprint density at radius 1 is 0.973 bits per heavy atom. The number of nitrogens with one attached hydrogen (secondary N) is 3. The van der Waals surface area contributed by atoms with Crippen LogP contribution in [0.3, 0.4) is 0 Å². The maximum atomic E-state index is 13.8. The van der Waals surface area contributed by atoms with Gasteiger partial charge in [0.2, 0.25) is 11.8 Å². The minimum absolute atomic E-state index is 0.0372. The quantitative estimate of drug-likeness (QED) is 0.215. The number of anilines is 2. The van der Waals surface area contributed by atoms with E-state index >= 15 is 0 Å². The minimum Gasteiger partial charge on any atom is -0.349 e. The van der Waals surface area contributed by atoms with E-state index in [0.717, 1.165) is 27.7 Å². The average Bonchev–Trinajstić information content (AvgIpc) is 3.23. The van der Waals surface area contributed by atoms with Crippen LogP contribution in [0.4, 0.5) is 11.4 Å². The predicted octanol–water partition coefficient (Wildman–Crippen LogP) is 5.17. The van der Waals surface area contributed by atoms with E-state index < -0.39 is 0 Å². The van der Waals surface area contributed by atoms with Crippen molar-refractivity contribution in [3.05, 3.63) is 88.2 Å². The Morgan fingerprint density at radius 2 is 1.73 bits per heavy atom. The molecule has 2 aromatic heterocycles. The van der Waals surface area contributed by atoms with Crippen LogP contribution in [0.25, 0.3) is 27.6 Å². The number of nitrogens with zero attached hydrogens (tertiary/aromatic N) is 2. The van der Waals surface area contributed by atoms with E-state index in [1.165, 1.54) is 18.7 Å². The average molecular weight is 512 g/mol. The molecule has 0 aliphatic carbocycles. The van der Waals surface area contributed by atoms with Gasteiger partial charge in [-0.25, -0.2) is 4.98 Å². The van der Waals surface area contributed by atoms with Crippen molar-refractivity contribution in [2.45, 2.75) is 25.9 Å². The zero-order chi connectivity index (χ0) is 26.1. The third-order valence-electron chi connectivity index (χ3n) is 5.90. The Kier molecular flexibility index (Phi) is 6.54. The number of benzene rings is 3. The van der Waals surface area contributed by atoms with Crippen molar-refractivity contribution in [2.75, 3.05) is 16.4 Å². The number of hydrogen-bond acceptors (Lipinski definition) is 5. The molecular weight excluding hydrogens is 486 g/mol. The molecule has 0 saturated heterocycles. The van der Waals surface area contributed by atoms with Crippen molar-refractivity contribution in [3.8, 4) is 5.69 Å². The van der Waals surface area contributed by atoms with Crippen LogP contribution in [0.2, 0.25) is 0 Å². The monoisotopic (exact) mass is 511 g/mol. The number of amides is 2. The second kappa shape index (κ2) is 9.94. The molecule has 0 aliphatic heterocycles. The molecule has 5 aromatic rings. The number of carbonyl (C=O) groups is 2. The summed E-state index contributed by atoms with van der Waals surface area (Å²) in [5.74, 6) is -0.414. The maximum absolute atomic E-state index is 13.8. The van der Waals surface area contributed by atoms with Crippen LogP contribution >= 0.6 is 11.8 Å². The third kappa shape index (κ3) is 4.99. The fraction of sp³-hybridized carbons (Fsp3) is 0.143. The van der Waals surface area contributed by atoms with Crippen LogP contribution in [0, 0.1) is 13.8 Å². The number of carbonyl (C=O) groups excluding carboxylic acids is 2. The molecule has 8 nitrogen and oxygen atoms in total. The lowest BCUT2D eigenvalue weighted by atomic mass is 10.1. The molecule has 2 amide bonds. The van der Waals surface area contributed by atoms with Crippen LogP contribution in [-0.4, -0.2) is 32.1 Å². The topological polar surface area (TPSA) is 109 Å². The van der Waals surface area contributed by atoms with Gasteiger partial charge in [-0.15, -0.1) is 0 Å². The van der Waals surface area contributed by atoms with Gasteiger partial charge in [0, 0.05) is 29.2 Å². The largest absolute Gasteiger partial charge is 0.349 e. The van der Waals surface area contributed by atoms with Crippen molar-refractivity contribution in [3.63, 3.8) is 0 Å². The van der Waals surface area contributed by atoms with Gasteiger partial charge in [0.15, 0.2) is 5.16 Å². The highest BCUT2D eigenvalue weighted by Gasteiger charge is 2.19. The van der Waals surface area contributed by atoms with Crippen molar-refractivity contribution >= 4 is 56.9 Å². The summed E-state index contributed by atoms with van der Waals surface area (Å²) in [6.07, 6.45) is 0. The molecule has 9 heteroatoms. The van der Waals surface area contributed by atoms with E-state index in [0.29, 0.717) is 27.6 Å². The van der Waals surface area contributed by atoms with Gasteiger partial charge in [0.05, 0.1) is 11.4 Å². The lowest BCUT2D eigenvalue weighted by Crippen LogP contribution is -2.23. The SMILES string of the molecule is CC(=O)Nc1cccc(NC(=O)CSc2nc3c([nH]c4ccccc43)c(=O)n2-c2cc(C)ccc2C)c1. The Bertz CT molecular complexity index is 1740. The van der Waals surface area contributed by atoms with Crippen LogP contribution in [0.15, 0.2) is 76.7 Å². The molecule has 186 valence electrons. The van der Waals surface area contributed by atoms with Crippen molar-refractivity contribution < 1.29 is 9.59 Å². The first kappa shape index (κ1) is 24.3. The van der Waals surface area contributed by atoms with Crippen molar-refractivity contribution in [2.24, 2.45) is 0 Å². The molecular formula is C28H25N5O3S. The van der Waals surface area contributed by atoms with E-state index in [9.17, 15) is 14.4 Å². The molecule has 0 fully saturated rings. The summed E-state index contributed by atoms with van der Waals surface area (Å²) in [4.78, 5) is 46.1. The van der Waals surface area contributed by atoms with E-state index in [1.54, 1.807) is 28.8 Å². The number of para-hydroxylation sites is 1. The van der Waals surface area contributed by atoms with Gasteiger partial charge < -0.3 is 15.6 Å². The normalized spacial score (nSPS) is 11.1. The standard InChI is InChI=1S/C28H25N5O3S/c1-16-11-12-17(2)23(13-16)33-27(36)26-25(21-9-4-5-10-22(21)31-26)32-28(33)37-15-24(35)30-20-8-6-7-19(14-20)29-18(3)34/h4-14,31H,15H2,1-3H3,(H,29,34)(H,30,35). The second-order valence-corrected chi connectivity index (χ2v) is 9.76. The molecule has 0 bridgehead atoms. The van der Waals surface area contributed by atoms with E-state index in [1.807, 2.05) is 56.3 Å². The highest BCUT2D eigenvalue weighted by atomic mass is 32.2. The molecule has 0 aliphatic rings. The number of aromatic amines is 1. The summed E-state index contributed by atoms with van der Waals surface area (Å²) in [5, 5.41) is 6.83. The third-order valence-corrected chi connectivity index (χ3v) is 6.84. The molecule has 0 radical (unpaired) electrons. The first-order valence-corrected chi connectivity index (χ1v) is 12.7.